The van der Waals surface area contributed by atoms with Crippen LogP contribution in [-0.4, -0.2) is 13.1 Å². The number of primary amides is 1. The lowest BCUT2D eigenvalue weighted by Crippen LogP contribution is -2.32. The smallest absolute Gasteiger partial charge is 0.312 e. The van der Waals surface area contributed by atoms with Crippen molar-refractivity contribution in [3.05, 3.63) is 29.3 Å². The van der Waals surface area contributed by atoms with Crippen molar-refractivity contribution in [3.8, 4) is 5.75 Å². The van der Waals surface area contributed by atoms with Crippen LogP contribution in [0.5, 0.6) is 5.75 Å². The average molecular weight is 206 g/mol. The molecule has 1 atom stereocenters. The van der Waals surface area contributed by atoms with Gasteiger partial charge in [-0.05, 0) is 36.1 Å². The molecular formula is C11H14N2O2. The first-order chi connectivity index (χ1) is 7.20. The van der Waals surface area contributed by atoms with Crippen LogP contribution in [0.1, 0.15) is 23.6 Å². The van der Waals surface area contributed by atoms with Crippen LogP contribution in [0.3, 0.4) is 0 Å². The molecular weight excluding hydrogens is 192 g/mol. The highest BCUT2D eigenvalue weighted by atomic mass is 16.5. The number of ether oxygens (including phenoxy) is 1. The van der Waals surface area contributed by atoms with Crippen LogP contribution in [0.25, 0.3) is 0 Å². The third-order valence-electron chi connectivity index (χ3n) is 2.74. The van der Waals surface area contributed by atoms with Gasteiger partial charge in [-0.3, -0.25) is 0 Å². The number of hydrogen-bond donors (Lipinski definition) is 2. The first kappa shape index (κ1) is 9.83. The van der Waals surface area contributed by atoms with Crippen LogP contribution in [0.4, 0.5) is 4.79 Å². The number of nitrogens with two attached hydrogens (primary N) is 1. The highest BCUT2D eigenvalue weighted by molar-refractivity contribution is 5.72. The molecule has 0 bridgehead atoms. The molecule has 0 spiro atoms. The fourth-order valence-corrected chi connectivity index (χ4v) is 2.04. The number of methoxy groups -OCH3 is 1. The highest BCUT2D eigenvalue weighted by Gasteiger charge is 2.23. The number of amides is 2. The Kier molecular flexibility index (Phi) is 2.49. The second kappa shape index (κ2) is 3.81. The van der Waals surface area contributed by atoms with Gasteiger partial charge in [-0.2, -0.15) is 0 Å². The van der Waals surface area contributed by atoms with Gasteiger partial charge in [0, 0.05) is 0 Å². The van der Waals surface area contributed by atoms with E-state index in [1.165, 1.54) is 5.56 Å². The second-order valence-electron chi connectivity index (χ2n) is 3.66. The molecule has 0 saturated carbocycles. The molecule has 0 fully saturated rings. The number of fused-ring (bicyclic) bond motifs is 1. The van der Waals surface area contributed by atoms with Crippen LogP contribution in [0, 0.1) is 0 Å². The van der Waals surface area contributed by atoms with Crippen LogP contribution < -0.4 is 15.8 Å². The molecule has 1 aliphatic rings. The molecule has 15 heavy (non-hydrogen) atoms. The summed E-state index contributed by atoms with van der Waals surface area (Å²) < 4.78 is 5.14. The zero-order chi connectivity index (χ0) is 10.8. The number of nitrogens with one attached hydrogen (secondary N) is 1. The molecule has 0 heterocycles. The SMILES string of the molecule is COc1ccc2c(c1)CC[C@@H]2NC(N)=O. The Balaban J connectivity index is 2.24. The lowest BCUT2D eigenvalue weighted by atomic mass is 10.1. The third kappa shape index (κ3) is 1.88. The summed E-state index contributed by atoms with van der Waals surface area (Å²) >= 11 is 0. The van der Waals surface area contributed by atoms with Gasteiger partial charge in [-0.1, -0.05) is 6.07 Å². The maximum absolute atomic E-state index is 10.8. The molecule has 0 radical (unpaired) electrons. The van der Waals surface area contributed by atoms with E-state index in [0.29, 0.717) is 0 Å². The zero-order valence-electron chi connectivity index (χ0n) is 8.62. The molecule has 2 rings (SSSR count). The molecule has 0 aliphatic heterocycles. The summed E-state index contributed by atoms with van der Waals surface area (Å²) in [4.78, 5) is 10.8. The van der Waals surface area contributed by atoms with Crippen molar-refractivity contribution < 1.29 is 9.53 Å². The summed E-state index contributed by atoms with van der Waals surface area (Å²) in [6.45, 7) is 0. The molecule has 4 heteroatoms. The number of aryl methyl sites for hydroxylation is 1. The minimum Gasteiger partial charge on any atom is -0.497 e. The monoisotopic (exact) mass is 206 g/mol. The number of carbonyl (C=O) groups excluding carboxylic acids is 1. The second-order valence-corrected chi connectivity index (χ2v) is 3.66. The van der Waals surface area contributed by atoms with Crippen molar-refractivity contribution in [2.45, 2.75) is 18.9 Å². The molecule has 0 unspecified atom stereocenters. The zero-order valence-corrected chi connectivity index (χ0v) is 8.62. The quantitative estimate of drug-likeness (QED) is 0.767. The van der Waals surface area contributed by atoms with Crippen molar-refractivity contribution in [1.82, 2.24) is 5.32 Å². The number of benzene rings is 1. The van der Waals surface area contributed by atoms with Gasteiger partial charge < -0.3 is 15.8 Å². The molecule has 4 nitrogen and oxygen atoms in total. The van der Waals surface area contributed by atoms with Crippen LogP contribution >= 0.6 is 0 Å². The normalized spacial score (nSPS) is 18.3. The first-order valence-corrected chi connectivity index (χ1v) is 4.93. The van der Waals surface area contributed by atoms with Crippen molar-refractivity contribution in [2.75, 3.05) is 7.11 Å². The summed E-state index contributed by atoms with van der Waals surface area (Å²) in [5, 5.41) is 2.73. The molecule has 2 amide bonds. The van der Waals surface area contributed by atoms with Gasteiger partial charge in [0.15, 0.2) is 0 Å². The molecule has 1 aliphatic carbocycles. The lowest BCUT2D eigenvalue weighted by Gasteiger charge is -2.12. The molecule has 0 aromatic heterocycles. The van der Waals surface area contributed by atoms with E-state index in [-0.39, 0.29) is 6.04 Å². The Labute approximate surface area is 88.4 Å². The van der Waals surface area contributed by atoms with Crippen LogP contribution in [0.2, 0.25) is 0 Å². The number of rotatable bonds is 2. The molecule has 3 N–H and O–H groups in total. The van der Waals surface area contributed by atoms with E-state index in [1.54, 1.807) is 7.11 Å². The van der Waals surface area contributed by atoms with Crippen molar-refractivity contribution >= 4 is 6.03 Å². The summed E-state index contributed by atoms with van der Waals surface area (Å²) in [5.41, 5.74) is 7.49. The van der Waals surface area contributed by atoms with Gasteiger partial charge in [0.05, 0.1) is 13.2 Å². The van der Waals surface area contributed by atoms with Crippen molar-refractivity contribution in [1.29, 1.82) is 0 Å². The van der Waals surface area contributed by atoms with Crippen LogP contribution in [-0.2, 0) is 6.42 Å². The minimum absolute atomic E-state index is 0.0587. The molecule has 80 valence electrons. The molecule has 1 aromatic carbocycles. The standard InChI is InChI=1S/C11H14N2O2/c1-15-8-3-4-9-7(6-8)2-5-10(9)13-11(12)14/h3-4,6,10H,2,5H2,1H3,(H3,12,13,14)/t10-/m0/s1. The summed E-state index contributed by atoms with van der Waals surface area (Å²) in [7, 11) is 1.65. The Morgan fingerprint density at radius 2 is 2.40 bits per heavy atom. The van der Waals surface area contributed by atoms with Gasteiger partial charge in [0.25, 0.3) is 0 Å². The average Bonchev–Trinajstić information content (AvgIpc) is 2.60. The van der Waals surface area contributed by atoms with Gasteiger partial charge >= 0.3 is 6.03 Å². The van der Waals surface area contributed by atoms with Crippen molar-refractivity contribution in [3.63, 3.8) is 0 Å². The van der Waals surface area contributed by atoms with E-state index >= 15 is 0 Å². The largest absolute Gasteiger partial charge is 0.497 e. The van der Waals surface area contributed by atoms with E-state index in [9.17, 15) is 4.79 Å². The summed E-state index contributed by atoms with van der Waals surface area (Å²) in [6, 6.07) is 5.49. The fourth-order valence-electron chi connectivity index (χ4n) is 2.04. The Morgan fingerprint density at radius 1 is 1.60 bits per heavy atom. The van der Waals surface area contributed by atoms with Gasteiger partial charge in [0.2, 0.25) is 0 Å². The van der Waals surface area contributed by atoms with Gasteiger partial charge in [-0.15, -0.1) is 0 Å². The topological polar surface area (TPSA) is 64.3 Å². The predicted molar refractivity (Wildman–Crippen MR) is 56.8 cm³/mol. The Morgan fingerprint density at radius 3 is 3.07 bits per heavy atom. The fraction of sp³-hybridized carbons (Fsp3) is 0.364. The van der Waals surface area contributed by atoms with E-state index in [1.807, 2.05) is 18.2 Å². The van der Waals surface area contributed by atoms with E-state index in [0.717, 1.165) is 24.2 Å². The van der Waals surface area contributed by atoms with E-state index in [2.05, 4.69) is 5.32 Å². The molecule has 1 aromatic rings. The predicted octanol–water partition coefficient (Wildman–Crippen LogP) is 1.35. The van der Waals surface area contributed by atoms with Crippen molar-refractivity contribution in [2.24, 2.45) is 5.73 Å². The first-order valence-electron chi connectivity index (χ1n) is 4.93. The van der Waals surface area contributed by atoms with Gasteiger partial charge in [-0.25, -0.2) is 4.79 Å². The molecule has 0 saturated heterocycles. The lowest BCUT2D eigenvalue weighted by molar-refractivity contribution is 0.245. The maximum atomic E-state index is 10.8. The number of carbonyl (C=O) groups is 1. The summed E-state index contributed by atoms with van der Waals surface area (Å²) in [5.74, 6) is 0.855. The Hall–Kier alpha value is -1.71. The van der Waals surface area contributed by atoms with Crippen LogP contribution in [0.15, 0.2) is 18.2 Å². The maximum Gasteiger partial charge on any atom is 0.312 e. The third-order valence-corrected chi connectivity index (χ3v) is 2.74. The highest BCUT2D eigenvalue weighted by Crippen LogP contribution is 2.33. The van der Waals surface area contributed by atoms with E-state index in [4.69, 9.17) is 10.5 Å². The minimum atomic E-state index is -0.469. The van der Waals surface area contributed by atoms with E-state index < -0.39 is 6.03 Å². The number of hydrogen-bond acceptors (Lipinski definition) is 2. The summed E-state index contributed by atoms with van der Waals surface area (Å²) in [6.07, 6.45) is 1.86. The van der Waals surface area contributed by atoms with Gasteiger partial charge in [0.1, 0.15) is 5.75 Å². The Bertz CT molecular complexity index is 390. The number of urea groups is 1.